The second-order valence-electron chi connectivity index (χ2n) is 4.70. The highest BCUT2D eigenvalue weighted by molar-refractivity contribution is 5.51. The van der Waals surface area contributed by atoms with Crippen LogP contribution < -0.4 is 5.73 Å². The molecule has 0 spiro atoms. The molecule has 0 unspecified atom stereocenters. The van der Waals surface area contributed by atoms with Gasteiger partial charge in [0, 0.05) is 23.1 Å². The predicted octanol–water partition coefficient (Wildman–Crippen LogP) is 2.20. The van der Waals surface area contributed by atoms with E-state index in [4.69, 9.17) is 5.73 Å². The van der Waals surface area contributed by atoms with Crippen LogP contribution in [0, 0.1) is 24.0 Å². The third kappa shape index (κ3) is 1.59. The van der Waals surface area contributed by atoms with Gasteiger partial charge in [-0.05, 0) is 44.4 Å². The highest BCUT2D eigenvalue weighted by atomic mass is 16.6. The molecular formula is C12H16N2O2. The molecule has 0 aromatic heterocycles. The molecule has 0 atom stereocenters. The fraction of sp³-hybridized carbons (Fsp3) is 0.500. The first-order chi connectivity index (χ1) is 7.50. The van der Waals surface area contributed by atoms with Crippen LogP contribution in [-0.2, 0) is 5.41 Å². The molecule has 1 aromatic carbocycles. The molecule has 0 saturated heterocycles. The molecule has 1 aliphatic carbocycles. The minimum atomic E-state index is -0.309. The average molecular weight is 220 g/mol. The van der Waals surface area contributed by atoms with Crippen molar-refractivity contribution in [3.63, 3.8) is 0 Å². The van der Waals surface area contributed by atoms with E-state index >= 15 is 0 Å². The van der Waals surface area contributed by atoms with E-state index < -0.39 is 0 Å². The molecule has 0 heterocycles. The van der Waals surface area contributed by atoms with Crippen molar-refractivity contribution in [1.82, 2.24) is 0 Å². The zero-order valence-corrected chi connectivity index (χ0v) is 9.62. The minimum absolute atomic E-state index is 0.102. The van der Waals surface area contributed by atoms with Gasteiger partial charge in [0.25, 0.3) is 5.69 Å². The number of nitro groups is 1. The molecule has 1 fully saturated rings. The van der Waals surface area contributed by atoms with E-state index in [1.165, 1.54) is 0 Å². The molecule has 2 rings (SSSR count). The van der Waals surface area contributed by atoms with E-state index in [0.29, 0.717) is 6.54 Å². The SMILES string of the molecule is Cc1cc(C2(CN)CC2)cc(C)c1[N+](=O)[O-]. The van der Waals surface area contributed by atoms with E-state index in [1.54, 1.807) is 13.8 Å². The molecule has 86 valence electrons. The normalized spacial score (nSPS) is 17.2. The zero-order chi connectivity index (χ0) is 11.9. The third-order valence-corrected chi connectivity index (χ3v) is 3.53. The van der Waals surface area contributed by atoms with Gasteiger partial charge in [-0.1, -0.05) is 0 Å². The molecule has 1 aliphatic rings. The van der Waals surface area contributed by atoms with Gasteiger partial charge in [-0.3, -0.25) is 10.1 Å². The second-order valence-corrected chi connectivity index (χ2v) is 4.70. The minimum Gasteiger partial charge on any atom is -0.330 e. The first-order valence-corrected chi connectivity index (χ1v) is 5.46. The quantitative estimate of drug-likeness (QED) is 0.627. The second kappa shape index (κ2) is 3.56. The molecule has 0 bridgehead atoms. The topological polar surface area (TPSA) is 69.2 Å². The lowest BCUT2D eigenvalue weighted by molar-refractivity contribution is -0.386. The van der Waals surface area contributed by atoms with Gasteiger partial charge in [0.1, 0.15) is 0 Å². The summed E-state index contributed by atoms with van der Waals surface area (Å²) in [4.78, 5) is 10.6. The van der Waals surface area contributed by atoms with Gasteiger partial charge in [0.15, 0.2) is 0 Å². The van der Waals surface area contributed by atoms with Gasteiger partial charge in [0.2, 0.25) is 0 Å². The maximum Gasteiger partial charge on any atom is 0.275 e. The van der Waals surface area contributed by atoms with E-state index in [2.05, 4.69) is 0 Å². The average Bonchev–Trinajstić information content (AvgIpc) is 2.96. The van der Waals surface area contributed by atoms with Crippen molar-refractivity contribution >= 4 is 5.69 Å². The fourth-order valence-electron chi connectivity index (χ4n) is 2.31. The maximum absolute atomic E-state index is 10.9. The summed E-state index contributed by atoms with van der Waals surface area (Å²) in [6, 6.07) is 3.84. The molecule has 16 heavy (non-hydrogen) atoms. The lowest BCUT2D eigenvalue weighted by atomic mass is 9.92. The number of nitrogens with zero attached hydrogens (tertiary/aromatic N) is 1. The molecule has 1 aromatic rings. The largest absolute Gasteiger partial charge is 0.330 e. The number of nitrogens with two attached hydrogens (primary N) is 1. The van der Waals surface area contributed by atoms with Crippen LogP contribution in [0.4, 0.5) is 5.69 Å². The summed E-state index contributed by atoms with van der Waals surface area (Å²) in [6.07, 6.45) is 2.19. The molecule has 4 nitrogen and oxygen atoms in total. The van der Waals surface area contributed by atoms with Crippen molar-refractivity contribution in [2.24, 2.45) is 5.73 Å². The first-order valence-electron chi connectivity index (χ1n) is 5.46. The van der Waals surface area contributed by atoms with Crippen molar-refractivity contribution in [3.8, 4) is 0 Å². The highest BCUT2D eigenvalue weighted by Crippen LogP contribution is 2.48. The summed E-state index contributed by atoms with van der Waals surface area (Å²) in [5, 5.41) is 10.9. The number of benzene rings is 1. The Kier molecular flexibility index (Phi) is 2.46. The van der Waals surface area contributed by atoms with Gasteiger partial charge < -0.3 is 5.73 Å². The van der Waals surface area contributed by atoms with Gasteiger partial charge in [0.05, 0.1) is 4.92 Å². The Morgan fingerprint density at radius 1 is 1.38 bits per heavy atom. The molecule has 0 amide bonds. The van der Waals surface area contributed by atoms with Gasteiger partial charge in [-0.2, -0.15) is 0 Å². The van der Waals surface area contributed by atoms with Crippen LogP contribution in [0.5, 0.6) is 0 Å². The zero-order valence-electron chi connectivity index (χ0n) is 9.62. The monoisotopic (exact) mass is 220 g/mol. The number of aryl methyl sites for hydroxylation is 2. The van der Waals surface area contributed by atoms with Crippen LogP contribution in [0.2, 0.25) is 0 Å². The standard InChI is InChI=1S/C12H16N2O2/c1-8-5-10(12(7-13)3-4-12)6-9(2)11(8)14(15)16/h5-6H,3-4,7,13H2,1-2H3. The summed E-state index contributed by atoms with van der Waals surface area (Å²) in [5.41, 5.74) is 8.73. The predicted molar refractivity (Wildman–Crippen MR) is 62.5 cm³/mol. The number of rotatable bonds is 3. The van der Waals surface area contributed by atoms with Crippen LogP contribution >= 0.6 is 0 Å². The Balaban J connectivity index is 2.49. The van der Waals surface area contributed by atoms with Crippen molar-refractivity contribution < 1.29 is 4.92 Å². The van der Waals surface area contributed by atoms with Crippen molar-refractivity contribution in [2.75, 3.05) is 6.54 Å². The lowest BCUT2D eigenvalue weighted by Gasteiger charge is -2.14. The fourth-order valence-corrected chi connectivity index (χ4v) is 2.31. The molecule has 0 aliphatic heterocycles. The Hall–Kier alpha value is -1.42. The highest BCUT2D eigenvalue weighted by Gasteiger charge is 2.43. The van der Waals surface area contributed by atoms with Crippen LogP contribution in [0.3, 0.4) is 0 Å². The van der Waals surface area contributed by atoms with Crippen molar-refractivity contribution in [2.45, 2.75) is 32.1 Å². The lowest BCUT2D eigenvalue weighted by Crippen LogP contribution is -2.20. The van der Waals surface area contributed by atoms with Gasteiger partial charge in [-0.25, -0.2) is 0 Å². The van der Waals surface area contributed by atoms with E-state index in [0.717, 1.165) is 29.5 Å². The first kappa shape index (κ1) is 11.1. The summed E-state index contributed by atoms with van der Waals surface area (Å²) in [5.74, 6) is 0. The van der Waals surface area contributed by atoms with E-state index in [9.17, 15) is 10.1 Å². The van der Waals surface area contributed by atoms with Crippen LogP contribution in [-0.4, -0.2) is 11.5 Å². The molecule has 1 saturated carbocycles. The number of nitro benzene ring substituents is 1. The van der Waals surface area contributed by atoms with Crippen molar-refractivity contribution in [1.29, 1.82) is 0 Å². The summed E-state index contributed by atoms with van der Waals surface area (Å²) in [7, 11) is 0. The smallest absolute Gasteiger partial charge is 0.275 e. The van der Waals surface area contributed by atoms with E-state index in [-0.39, 0.29) is 16.0 Å². The third-order valence-electron chi connectivity index (χ3n) is 3.53. The summed E-state index contributed by atoms with van der Waals surface area (Å²) >= 11 is 0. The van der Waals surface area contributed by atoms with Crippen LogP contribution in [0.15, 0.2) is 12.1 Å². The number of hydrogen-bond donors (Lipinski definition) is 1. The molecule has 0 radical (unpaired) electrons. The van der Waals surface area contributed by atoms with Gasteiger partial charge in [-0.15, -0.1) is 0 Å². The van der Waals surface area contributed by atoms with Crippen molar-refractivity contribution in [3.05, 3.63) is 38.9 Å². The Labute approximate surface area is 94.6 Å². The van der Waals surface area contributed by atoms with Crippen LogP contribution in [0.1, 0.15) is 29.5 Å². The molecule has 2 N–H and O–H groups in total. The Morgan fingerprint density at radius 2 is 1.88 bits per heavy atom. The Morgan fingerprint density at radius 3 is 2.19 bits per heavy atom. The molecule has 4 heteroatoms. The maximum atomic E-state index is 10.9. The van der Waals surface area contributed by atoms with Crippen LogP contribution in [0.25, 0.3) is 0 Å². The van der Waals surface area contributed by atoms with E-state index in [1.807, 2.05) is 12.1 Å². The molecular weight excluding hydrogens is 204 g/mol. The van der Waals surface area contributed by atoms with Gasteiger partial charge >= 0.3 is 0 Å². The summed E-state index contributed by atoms with van der Waals surface area (Å²) in [6.45, 7) is 4.21. The Bertz CT molecular complexity index is 427. The number of hydrogen-bond acceptors (Lipinski definition) is 3. The summed E-state index contributed by atoms with van der Waals surface area (Å²) < 4.78 is 0.